The van der Waals surface area contributed by atoms with Crippen molar-refractivity contribution in [2.24, 2.45) is 17.3 Å². The Bertz CT molecular complexity index is 468. The zero-order valence-corrected chi connectivity index (χ0v) is 15.4. The summed E-state index contributed by atoms with van der Waals surface area (Å²) in [5.41, 5.74) is -0.985. The minimum absolute atomic E-state index is 0.0568. The van der Waals surface area contributed by atoms with Crippen molar-refractivity contribution in [1.82, 2.24) is 9.80 Å². The molecule has 2 saturated heterocycles. The molecule has 2 heterocycles. The van der Waals surface area contributed by atoms with Gasteiger partial charge in [-0.25, -0.2) is 4.39 Å². The van der Waals surface area contributed by atoms with Gasteiger partial charge in [-0.3, -0.25) is 9.69 Å². The molecule has 1 saturated carbocycles. The summed E-state index contributed by atoms with van der Waals surface area (Å²) in [6.07, 6.45) is 4.14. The first-order chi connectivity index (χ1) is 10.7. The molecular weight excluding hydrogens is 291 g/mol. The highest BCUT2D eigenvalue weighted by Crippen LogP contribution is 2.50. The monoisotopic (exact) mass is 324 g/mol. The smallest absolute Gasteiger partial charge is 0.229 e. The Morgan fingerprint density at radius 1 is 1.17 bits per heavy atom. The Balaban J connectivity index is 1.64. The van der Waals surface area contributed by atoms with Crippen molar-refractivity contribution in [3.8, 4) is 0 Å². The third-order valence-corrected chi connectivity index (χ3v) is 6.42. The van der Waals surface area contributed by atoms with Crippen LogP contribution in [-0.2, 0) is 4.79 Å². The summed E-state index contributed by atoms with van der Waals surface area (Å²) < 4.78 is 13.8. The van der Waals surface area contributed by atoms with E-state index < -0.39 is 5.67 Å². The topological polar surface area (TPSA) is 23.6 Å². The third kappa shape index (κ3) is 3.16. The van der Waals surface area contributed by atoms with Crippen LogP contribution in [0.3, 0.4) is 0 Å². The summed E-state index contributed by atoms with van der Waals surface area (Å²) in [5.74, 6) is 0.362. The number of hydrogen-bond donors (Lipinski definition) is 0. The van der Waals surface area contributed by atoms with E-state index in [1.54, 1.807) is 6.92 Å². The number of rotatable bonds is 3. The lowest BCUT2D eigenvalue weighted by atomic mass is 9.75. The van der Waals surface area contributed by atoms with Crippen LogP contribution in [0, 0.1) is 17.3 Å². The molecule has 23 heavy (non-hydrogen) atoms. The van der Waals surface area contributed by atoms with E-state index in [1.807, 2.05) is 4.90 Å². The lowest BCUT2D eigenvalue weighted by Crippen LogP contribution is -2.63. The number of alkyl halides is 1. The summed E-state index contributed by atoms with van der Waals surface area (Å²) >= 11 is 0. The molecule has 3 fully saturated rings. The Kier molecular flexibility index (Phi) is 4.27. The Labute approximate surface area is 140 Å². The van der Waals surface area contributed by atoms with Gasteiger partial charge in [0.05, 0.1) is 5.92 Å². The fraction of sp³-hybridized carbons (Fsp3) is 0.947. The maximum absolute atomic E-state index is 13.8. The van der Waals surface area contributed by atoms with Gasteiger partial charge in [-0.2, -0.15) is 0 Å². The fourth-order valence-corrected chi connectivity index (χ4v) is 4.80. The Hall–Kier alpha value is -0.640. The van der Waals surface area contributed by atoms with Crippen molar-refractivity contribution in [2.75, 3.05) is 19.6 Å². The standard InChI is InChI=1S/C19H33FN2O/c1-13(2)16-7-6-8-19(12-22(16)14(3)4)10-21(11-19)17(23)15-9-18(15,5)20/h13-16H,6-12H2,1-5H3. The van der Waals surface area contributed by atoms with Gasteiger partial charge in [-0.1, -0.05) is 20.3 Å². The Morgan fingerprint density at radius 3 is 2.26 bits per heavy atom. The SMILES string of the molecule is CC(C)C1CCCC2(CN(C(=O)C3CC3(C)F)C2)CN1C(C)C. The molecule has 4 heteroatoms. The van der Waals surface area contributed by atoms with Crippen LogP contribution in [0.1, 0.15) is 60.3 Å². The normalized spacial score (nSPS) is 37.1. The number of carbonyl (C=O) groups is 1. The van der Waals surface area contributed by atoms with Crippen LogP contribution in [0.15, 0.2) is 0 Å². The molecule has 0 aromatic rings. The lowest BCUT2D eigenvalue weighted by molar-refractivity contribution is -0.148. The highest BCUT2D eigenvalue weighted by Gasteiger charge is 2.59. The van der Waals surface area contributed by atoms with Gasteiger partial charge in [0.15, 0.2) is 0 Å². The van der Waals surface area contributed by atoms with E-state index in [0.29, 0.717) is 24.4 Å². The van der Waals surface area contributed by atoms with Gasteiger partial charge < -0.3 is 4.90 Å². The molecule has 0 radical (unpaired) electrons. The number of carbonyl (C=O) groups excluding carboxylic acids is 1. The van der Waals surface area contributed by atoms with Gasteiger partial charge in [-0.05, 0) is 46.0 Å². The van der Waals surface area contributed by atoms with E-state index >= 15 is 0 Å². The summed E-state index contributed by atoms with van der Waals surface area (Å²) in [6.45, 7) is 13.6. The van der Waals surface area contributed by atoms with Crippen LogP contribution < -0.4 is 0 Å². The molecule has 3 nitrogen and oxygen atoms in total. The first kappa shape index (κ1) is 17.2. The summed E-state index contributed by atoms with van der Waals surface area (Å²) in [6, 6.07) is 1.19. The van der Waals surface area contributed by atoms with E-state index in [0.717, 1.165) is 19.6 Å². The molecule has 2 aliphatic heterocycles. The number of amides is 1. The number of hydrogen-bond acceptors (Lipinski definition) is 2. The molecule has 0 N–H and O–H groups in total. The first-order valence-electron chi connectivity index (χ1n) is 9.39. The van der Waals surface area contributed by atoms with Gasteiger partial charge >= 0.3 is 0 Å². The molecule has 0 bridgehead atoms. The van der Waals surface area contributed by atoms with Crippen LogP contribution in [0.25, 0.3) is 0 Å². The summed E-state index contributed by atoms with van der Waals surface area (Å²) in [7, 11) is 0. The van der Waals surface area contributed by atoms with Gasteiger partial charge in [-0.15, -0.1) is 0 Å². The molecule has 0 aromatic carbocycles. The van der Waals surface area contributed by atoms with E-state index in [1.165, 1.54) is 19.3 Å². The van der Waals surface area contributed by atoms with Gasteiger partial charge in [0, 0.05) is 37.1 Å². The van der Waals surface area contributed by atoms with E-state index in [-0.39, 0.29) is 17.2 Å². The van der Waals surface area contributed by atoms with Crippen molar-refractivity contribution in [3.05, 3.63) is 0 Å². The fourth-order valence-electron chi connectivity index (χ4n) is 4.80. The van der Waals surface area contributed by atoms with Crippen LogP contribution >= 0.6 is 0 Å². The van der Waals surface area contributed by atoms with Crippen LogP contribution in [0.2, 0.25) is 0 Å². The maximum atomic E-state index is 13.8. The zero-order chi connectivity index (χ0) is 17.0. The molecule has 1 aliphatic carbocycles. The van der Waals surface area contributed by atoms with Crippen molar-refractivity contribution in [1.29, 1.82) is 0 Å². The second-order valence-corrected chi connectivity index (χ2v) is 9.20. The zero-order valence-electron chi connectivity index (χ0n) is 15.4. The molecule has 3 rings (SSSR count). The molecule has 1 amide bonds. The first-order valence-corrected chi connectivity index (χ1v) is 9.39. The van der Waals surface area contributed by atoms with Gasteiger partial charge in [0.2, 0.25) is 5.91 Å². The van der Waals surface area contributed by atoms with E-state index in [2.05, 4.69) is 32.6 Å². The van der Waals surface area contributed by atoms with E-state index in [4.69, 9.17) is 0 Å². The predicted octanol–water partition coefficient (Wildman–Crippen LogP) is 3.48. The lowest BCUT2D eigenvalue weighted by Gasteiger charge is -2.53. The van der Waals surface area contributed by atoms with E-state index in [9.17, 15) is 9.18 Å². The van der Waals surface area contributed by atoms with Crippen molar-refractivity contribution in [2.45, 2.75) is 78.1 Å². The van der Waals surface area contributed by atoms with Crippen LogP contribution in [-0.4, -0.2) is 53.1 Å². The second-order valence-electron chi connectivity index (χ2n) is 9.20. The van der Waals surface area contributed by atoms with Crippen molar-refractivity contribution >= 4 is 5.91 Å². The molecule has 3 unspecified atom stereocenters. The average Bonchev–Trinajstić information content (AvgIpc) is 3.09. The minimum atomic E-state index is -1.24. The number of likely N-dealkylation sites (tertiary alicyclic amines) is 2. The third-order valence-electron chi connectivity index (χ3n) is 6.42. The number of nitrogens with zero attached hydrogens (tertiary/aromatic N) is 2. The molecule has 3 aliphatic rings. The molecule has 0 aromatic heterocycles. The molecular formula is C19H33FN2O. The highest BCUT2D eigenvalue weighted by molar-refractivity contribution is 5.84. The average molecular weight is 324 g/mol. The summed E-state index contributed by atoms with van der Waals surface area (Å²) in [4.78, 5) is 17.0. The second kappa shape index (κ2) is 5.72. The molecule has 3 atom stereocenters. The van der Waals surface area contributed by atoms with Gasteiger partial charge in [0.1, 0.15) is 5.67 Å². The Morgan fingerprint density at radius 2 is 1.78 bits per heavy atom. The summed E-state index contributed by atoms with van der Waals surface area (Å²) in [5, 5.41) is 0. The van der Waals surface area contributed by atoms with Gasteiger partial charge in [0.25, 0.3) is 0 Å². The maximum Gasteiger partial charge on any atom is 0.229 e. The quantitative estimate of drug-likeness (QED) is 0.793. The highest BCUT2D eigenvalue weighted by atomic mass is 19.1. The largest absolute Gasteiger partial charge is 0.341 e. The predicted molar refractivity (Wildman–Crippen MR) is 91.0 cm³/mol. The molecule has 1 spiro atoms. The van der Waals surface area contributed by atoms with Crippen LogP contribution in [0.5, 0.6) is 0 Å². The van der Waals surface area contributed by atoms with Crippen LogP contribution in [0.4, 0.5) is 4.39 Å². The van der Waals surface area contributed by atoms with Crippen molar-refractivity contribution in [3.63, 3.8) is 0 Å². The molecule has 132 valence electrons. The van der Waals surface area contributed by atoms with Crippen molar-refractivity contribution < 1.29 is 9.18 Å². The number of halogens is 1. The minimum Gasteiger partial charge on any atom is -0.341 e.